The van der Waals surface area contributed by atoms with Gasteiger partial charge in [0.2, 0.25) is 0 Å². The molecule has 124 valence electrons. The molecule has 0 amide bonds. The predicted molar refractivity (Wildman–Crippen MR) is 88.2 cm³/mol. The Kier molecular flexibility index (Phi) is 7.10. The normalized spacial score (nSPS) is 16.8. The van der Waals surface area contributed by atoms with Gasteiger partial charge >= 0.3 is 7.82 Å². The van der Waals surface area contributed by atoms with E-state index in [1.165, 1.54) is 57.5 Å². The van der Waals surface area contributed by atoms with Gasteiger partial charge in [0, 0.05) is 14.2 Å². The van der Waals surface area contributed by atoms with E-state index in [9.17, 15) is 4.57 Å². The number of aryl methyl sites for hydroxylation is 1. The van der Waals surface area contributed by atoms with Gasteiger partial charge in [0.25, 0.3) is 0 Å². The van der Waals surface area contributed by atoms with Gasteiger partial charge in [-0.15, -0.1) is 0 Å². The minimum Gasteiger partial charge on any atom is -0.290 e. The van der Waals surface area contributed by atoms with Crippen LogP contribution in [0.1, 0.15) is 55.6 Å². The van der Waals surface area contributed by atoms with Crippen molar-refractivity contribution in [2.75, 3.05) is 20.8 Å². The number of hydrogen-bond acceptors (Lipinski definition) is 4. The van der Waals surface area contributed by atoms with Gasteiger partial charge in [-0.2, -0.15) is 0 Å². The average Bonchev–Trinajstić information content (AvgIpc) is 2.60. The van der Waals surface area contributed by atoms with Gasteiger partial charge in [-0.25, -0.2) is 4.57 Å². The predicted octanol–water partition coefficient (Wildman–Crippen LogP) is 5.08. The molecular formula is C17H27O4P. The van der Waals surface area contributed by atoms with Crippen molar-refractivity contribution in [3.05, 3.63) is 35.4 Å². The summed E-state index contributed by atoms with van der Waals surface area (Å²) in [6, 6.07) is 8.94. The monoisotopic (exact) mass is 326 g/mol. The third-order valence-electron chi connectivity index (χ3n) is 4.36. The van der Waals surface area contributed by atoms with Crippen molar-refractivity contribution in [1.82, 2.24) is 0 Å². The molecule has 0 saturated heterocycles. The minimum absolute atomic E-state index is 0.364. The topological polar surface area (TPSA) is 44.8 Å². The molecule has 22 heavy (non-hydrogen) atoms. The zero-order chi connectivity index (χ0) is 15.8. The van der Waals surface area contributed by atoms with Gasteiger partial charge in [0.1, 0.15) is 0 Å². The lowest BCUT2D eigenvalue weighted by molar-refractivity contribution is 0.151. The first-order valence-corrected chi connectivity index (χ1v) is 9.58. The smallest absolute Gasteiger partial charge is 0.290 e. The molecule has 1 aromatic carbocycles. The highest BCUT2D eigenvalue weighted by Crippen LogP contribution is 2.47. The summed E-state index contributed by atoms with van der Waals surface area (Å²) >= 11 is 0. The highest BCUT2D eigenvalue weighted by atomic mass is 31.2. The molecule has 0 aliphatic heterocycles. The van der Waals surface area contributed by atoms with Crippen molar-refractivity contribution < 1.29 is 18.1 Å². The van der Waals surface area contributed by atoms with Crippen LogP contribution in [-0.4, -0.2) is 20.8 Å². The van der Waals surface area contributed by atoms with Gasteiger partial charge in [-0.1, -0.05) is 43.5 Å². The molecule has 0 spiro atoms. The Balaban J connectivity index is 1.75. The fourth-order valence-electron chi connectivity index (χ4n) is 3.02. The van der Waals surface area contributed by atoms with Crippen molar-refractivity contribution >= 4 is 7.82 Å². The van der Waals surface area contributed by atoms with Crippen molar-refractivity contribution in [3.8, 4) is 0 Å². The first kappa shape index (κ1) is 17.7. The highest BCUT2D eigenvalue weighted by Gasteiger charge is 2.21. The van der Waals surface area contributed by atoms with Crippen LogP contribution in [0.3, 0.4) is 0 Å². The molecule has 1 fully saturated rings. The highest BCUT2D eigenvalue weighted by molar-refractivity contribution is 7.48. The van der Waals surface area contributed by atoms with Gasteiger partial charge in [-0.05, 0) is 42.7 Å². The van der Waals surface area contributed by atoms with Crippen LogP contribution in [0.25, 0.3) is 0 Å². The molecule has 0 atom stereocenters. The summed E-state index contributed by atoms with van der Waals surface area (Å²) in [7, 11) is -0.674. The summed E-state index contributed by atoms with van der Waals surface area (Å²) in [4.78, 5) is 0. The van der Waals surface area contributed by atoms with Crippen molar-refractivity contribution in [3.63, 3.8) is 0 Å². The van der Waals surface area contributed by atoms with Gasteiger partial charge < -0.3 is 0 Å². The lowest BCUT2D eigenvalue weighted by atomic mass is 9.84. The Morgan fingerprint density at radius 3 is 2.27 bits per heavy atom. The molecule has 0 bridgehead atoms. The molecule has 0 radical (unpaired) electrons. The Labute approximate surface area is 133 Å². The van der Waals surface area contributed by atoms with E-state index < -0.39 is 7.82 Å². The zero-order valence-corrected chi connectivity index (χ0v) is 14.5. The fraction of sp³-hybridized carbons (Fsp3) is 0.647. The van der Waals surface area contributed by atoms with Crippen molar-refractivity contribution in [1.29, 1.82) is 0 Å². The summed E-state index contributed by atoms with van der Waals surface area (Å²) in [5, 5.41) is 0. The summed E-state index contributed by atoms with van der Waals surface area (Å²) < 4.78 is 26.4. The van der Waals surface area contributed by atoms with Crippen LogP contribution < -0.4 is 0 Å². The Morgan fingerprint density at radius 2 is 1.68 bits per heavy atom. The fourth-order valence-corrected chi connectivity index (χ4v) is 3.74. The largest absolute Gasteiger partial charge is 0.474 e. The molecule has 1 saturated carbocycles. The summed E-state index contributed by atoms with van der Waals surface area (Å²) in [6.07, 6.45) is 8.47. The van der Waals surface area contributed by atoms with E-state index in [2.05, 4.69) is 24.3 Å². The molecule has 2 rings (SSSR count). The SMILES string of the molecule is COP(=O)(OC)OCCCc1ccc(C2CCCCC2)cc1. The maximum absolute atomic E-state index is 11.7. The maximum atomic E-state index is 11.7. The number of phosphoric acid groups is 1. The summed E-state index contributed by atoms with van der Waals surface area (Å²) in [5.41, 5.74) is 2.76. The second-order valence-electron chi connectivity index (χ2n) is 5.83. The number of rotatable bonds is 8. The Hall–Kier alpha value is -0.670. The van der Waals surface area contributed by atoms with Crippen LogP contribution in [0.2, 0.25) is 0 Å². The lowest BCUT2D eigenvalue weighted by Crippen LogP contribution is -2.04. The molecule has 1 aromatic rings. The third kappa shape index (κ3) is 5.20. The van der Waals surface area contributed by atoms with E-state index >= 15 is 0 Å². The van der Waals surface area contributed by atoms with Crippen molar-refractivity contribution in [2.45, 2.75) is 50.9 Å². The number of hydrogen-bond donors (Lipinski definition) is 0. The maximum Gasteiger partial charge on any atom is 0.474 e. The minimum atomic E-state index is -3.33. The molecule has 0 N–H and O–H groups in total. The van der Waals surface area contributed by atoms with E-state index in [-0.39, 0.29) is 0 Å². The van der Waals surface area contributed by atoms with Crippen LogP contribution in [-0.2, 0) is 24.6 Å². The molecule has 5 heteroatoms. The molecular weight excluding hydrogens is 299 g/mol. The number of phosphoric ester groups is 1. The van der Waals surface area contributed by atoms with E-state index in [1.54, 1.807) is 0 Å². The van der Waals surface area contributed by atoms with Crippen LogP contribution in [0.4, 0.5) is 0 Å². The van der Waals surface area contributed by atoms with Crippen LogP contribution in [0.15, 0.2) is 24.3 Å². The molecule has 1 aliphatic rings. The Bertz CT molecular complexity index is 472. The lowest BCUT2D eigenvalue weighted by Gasteiger charge is -2.22. The summed E-state index contributed by atoms with van der Waals surface area (Å²) in [6.45, 7) is 0.364. The average molecular weight is 326 g/mol. The first-order valence-electron chi connectivity index (χ1n) is 8.12. The van der Waals surface area contributed by atoms with E-state index in [4.69, 9.17) is 13.6 Å². The second-order valence-corrected chi connectivity index (χ2v) is 7.71. The van der Waals surface area contributed by atoms with Crippen LogP contribution >= 0.6 is 7.82 Å². The van der Waals surface area contributed by atoms with E-state index in [0.29, 0.717) is 6.61 Å². The molecule has 0 aromatic heterocycles. The van der Waals surface area contributed by atoms with Crippen molar-refractivity contribution in [2.24, 2.45) is 0 Å². The quantitative estimate of drug-likeness (QED) is 0.493. The van der Waals surface area contributed by atoms with E-state index in [0.717, 1.165) is 18.8 Å². The van der Waals surface area contributed by atoms with Crippen LogP contribution in [0.5, 0.6) is 0 Å². The van der Waals surface area contributed by atoms with Crippen LogP contribution in [0, 0.1) is 0 Å². The number of benzene rings is 1. The molecule has 1 aliphatic carbocycles. The zero-order valence-electron chi connectivity index (χ0n) is 13.6. The second kappa shape index (κ2) is 8.83. The van der Waals surface area contributed by atoms with Gasteiger partial charge in [0.15, 0.2) is 0 Å². The summed E-state index contributed by atoms with van der Waals surface area (Å²) in [5.74, 6) is 0.750. The first-order chi connectivity index (χ1) is 10.7. The molecule has 0 unspecified atom stereocenters. The third-order valence-corrected chi connectivity index (χ3v) is 5.76. The molecule has 0 heterocycles. The standard InChI is InChI=1S/C17H27O4P/c1-19-22(18,20-2)21-14-6-7-15-10-12-17(13-11-15)16-8-4-3-5-9-16/h10-13,16H,3-9,14H2,1-2H3. The molecule has 4 nitrogen and oxygen atoms in total. The van der Waals surface area contributed by atoms with E-state index in [1.807, 2.05) is 0 Å². The Morgan fingerprint density at radius 1 is 1.05 bits per heavy atom. The van der Waals surface area contributed by atoms with Gasteiger partial charge in [-0.3, -0.25) is 13.6 Å². The van der Waals surface area contributed by atoms with Gasteiger partial charge in [0.05, 0.1) is 6.61 Å².